The summed E-state index contributed by atoms with van der Waals surface area (Å²) in [5.74, 6) is 0.0235. The SMILES string of the molecule is CS(=O)(=O)c1ccccc1SCCS(=O)(=O)Cl. The molecule has 0 atom stereocenters. The quantitative estimate of drug-likeness (QED) is 0.612. The van der Waals surface area contributed by atoms with Crippen LogP contribution in [0, 0.1) is 0 Å². The third-order valence-corrected chi connectivity index (χ3v) is 5.61. The Morgan fingerprint density at radius 2 is 1.76 bits per heavy atom. The Morgan fingerprint density at radius 1 is 1.18 bits per heavy atom. The highest BCUT2D eigenvalue weighted by molar-refractivity contribution is 8.14. The minimum atomic E-state index is -3.54. The molecule has 0 aliphatic carbocycles. The van der Waals surface area contributed by atoms with Crippen LogP contribution >= 0.6 is 22.4 Å². The molecule has 1 aromatic carbocycles. The van der Waals surface area contributed by atoms with Crippen LogP contribution in [0.5, 0.6) is 0 Å². The topological polar surface area (TPSA) is 68.3 Å². The highest BCUT2D eigenvalue weighted by Gasteiger charge is 2.13. The van der Waals surface area contributed by atoms with Gasteiger partial charge in [0.25, 0.3) is 0 Å². The molecule has 0 amide bonds. The second-order valence-electron chi connectivity index (χ2n) is 3.31. The molecule has 0 radical (unpaired) electrons. The van der Waals surface area contributed by atoms with Gasteiger partial charge in [-0.2, -0.15) is 0 Å². The smallest absolute Gasteiger partial charge is 0.224 e. The fraction of sp³-hybridized carbons (Fsp3) is 0.333. The Kier molecular flexibility index (Phi) is 4.88. The highest BCUT2D eigenvalue weighted by Crippen LogP contribution is 2.26. The van der Waals surface area contributed by atoms with E-state index >= 15 is 0 Å². The maximum Gasteiger partial charge on any atom is 0.233 e. The van der Waals surface area contributed by atoms with Crippen LogP contribution in [-0.4, -0.2) is 34.6 Å². The van der Waals surface area contributed by atoms with E-state index in [2.05, 4.69) is 0 Å². The molecule has 0 aliphatic rings. The Hall–Kier alpha value is -0.240. The molecule has 0 aliphatic heterocycles. The van der Waals surface area contributed by atoms with Crippen molar-refractivity contribution in [3.63, 3.8) is 0 Å². The number of benzene rings is 1. The molecule has 1 aromatic rings. The minimum Gasteiger partial charge on any atom is -0.224 e. The summed E-state index contributed by atoms with van der Waals surface area (Å²) in [6.45, 7) is 0. The second-order valence-corrected chi connectivity index (χ2v) is 9.33. The summed E-state index contributed by atoms with van der Waals surface area (Å²) in [7, 11) is -1.77. The largest absolute Gasteiger partial charge is 0.233 e. The summed E-state index contributed by atoms with van der Waals surface area (Å²) in [6.07, 6.45) is 1.12. The molecule has 0 fully saturated rings. The first-order valence-corrected chi connectivity index (χ1v) is 9.90. The number of sulfone groups is 1. The summed E-state index contributed by atoms with van der Waals surface area (Å²) < 4.78 is 44.4. The minimum absolute atomic E-state index is 0.197. The molecule has 0 saturated carbocycles. The molecule has 0 unspecified atom stereocenters. The molecule has 0 N–H and O–H groups in total. The predicted octanol–water partition coefficient (Wildman–Crippen LogP) is 1.75. The maximum atomic E-state index is 11.5. The summed E-state index contributed by atoms with van der Waals surface area (Å²) >= 11 is 1.16. The third kappa shape index (κ3) is 5.29. The molecule has 0 spiro atoms. The van der Waals surface area contributed by atoms with Gasteiger partial charge < -0.3 is 0 Å². The van der Waals surface area contributed by atoms with Crippen LogP contribution in [0.3, 0.4) is 0 Å². The van der Waals surface area contributed by atoms with Crippen molar-refractivity contribution in [2.45, 2.75) is 9.79 Å². The van der Waals surface area contributed by atoms with E-state index in [9.17, 15) is 16.8 Å². The summed E-state index contributed by atoms with van der Waals surface area (Å²) in [5.41, 5.74) is 0. The van der Waals surface area contributed by atoms with Gasteiger partial charge >= 0.3 is 0 Å². The first kappa shape index (κ1) is 14.8. The monoisotopic (exact) mass is 314 g/mol. The van der Waals surface area contributed by atoms with Crippen molar-refractivity contribution >= 4 is 41.3 Å². The molecule has 1 rings (SSSR count). The maximum absolute atomic E-state index is 11.5. The van der Waals surface area contributed by atoms with Gasteiger partial charge in [-0.25, -0.2) is 16.8 Å². The van der Waals surface area contributed by atoms with Gasteiger partial charge in [-0.05, 0) is 12.1 Å². The van der Waals surface area contributed by atoms with E-state index < -0.39 is 18.9 Å². The van der Waals surface area contributed by atoms with Gasteiger partial charge in [-0.1, -0.05) is 12.1 Å². The first-order valence-electron chi connectivity index (χ1n) is 4.54. The van der Waals surface area contributed by atoms with E-state index in [1.165, 1.54) is 6.07 Å². The van der Waals surface area contributed by atoms with E-state index in [1.54, 1.807) is 18.2 Å². The molecule has 0 heterocycles. The molecule has 0 saturated heterocycles. The van der Waals surface area contributed by atoms with Crippen LogP contribution in [0.15, 0.2) is 34.1 Å². The van der Waals surface area contributed by atoms with Gasteiger partial charge in [0.1, 0.15) is 0 Å². The number of halogens is 1. The second kappa shape index (κ2) is 5.60. The average molecular weight is 315 g/mol. The fourth-order valence-electron chi connectivity index (χ4n) is 1.13. The van der Waals surface area contributed by atoms with Crippen LogP contribution in [0.1, 0.15) is 0 Å². The van der Waals surface area contributed by atoms with Gasteiger partial charge in [0.05, 0.1) is 10.6 Å². The number of thioether (sulfide) groups is 1. The van der Waals surface area contributed by atoms with Gasteiger partial charge in [0.15, 0.2) is 9.84 Å². The van der Waals surface area contributed by atoms with Crippen molar-refractivity contribution in [2.24, 2.45) is 0 Å². The summed E-state index contributed by atoms with van der Waals surface area (Å²) in [5, 5.41) is 0. The van der Waals surface area contributed by atoms with Crippen LogP contribution in [0.25, 0.3) is 0 Å². The number of hydrogen-bond acceptors (Lipinski definition) is 5. The van der Waals surface area contributed by atoms with E-state index in [4.69, 9.17) is 10.7 Å². The molecular formula is C9H11ClO4S3. The predicted molar refractivity (Wildman–Crippen MR) is 69.9 cm³/mol. The zero-order valence-corrected chi connectivity index (χ0v) is 12.2. The van der Waals surface area contributed by atoms with Crippen molar-refractivity contribution in [1.82, 2.24) is 0 Å². The lowest BCUT2D eigenvalue weighted by atomic mass is 10.4. The number of rotatable bonds is 5. The zero-order chi connectivity index (χ0) is 13.1. The van der Waals surface area contributed by atoms with Crippen molar-refractivity contribution in [2.75, 3.05) is 17.8 Å². The normalized spacial score (nSPS) is 12.6. The summed E-state index contributed by atoms with van der Waals surface area (Å²) in [6, 6.07) is 6.46. The van der Waals surface area contributed by atoms with Crippen LogP contribution < -0.4 is 0 Å². The first-order chi connectivity index (χ1) is 7.70. The Morgan fingerprint density at radius 3 is 2.29 bits per heavy atom. The van der Waals surface area contributed by atoms with Gasteiger partial charge in [0, 0.05) is 27.6 Å². The van der Waals surface area contributed by atoms with Crippen LogP contribution in [0.4, 0.5) is 0 Å². The zero-order valence-electron chi connectivity index (χ0n) is 8.96. The third-order valence-electron chi connectivity index (χ3n) is 1.83. The lowest BCUT2D eigenvalue weighted by Crippen LogP contribution is -2.02. The molecule has 4 nitrogen and oxygen atoms in total. The average Bonchev–Trinajstić information content (AvgIpc) is 2.15. The van der Waals surface area contributed by atoms with Crippen LogP contribution in [0.2, 0.25) is 0 Å². The van der Waals surface area contributed by atoms with Crippen LogP contribution in [-0.2, 0) is 18.9 Å². The molecule has 0 bridgehead atoms. The van der Waals surface area contributed by atoms with Crippen molar-refractivity contribution in [1.29, 1.82) is 0 Å². The van der Waals surface area contributed by atoms with Gasteiger partial charge in [0.2, 0.25) is 9.05 Å². The Bertz CT molecular complexity index is 592. The van der Waals surface area contributed by atoms with Gasteiger partial charge in [-0.3, -0.25) is 0 Å². The highest BCUT2D eigenvalue weighted by atomic mass is 35.7. The molecule has 17 heavy (non-hydrogen) atoms. The van der Waals surface area contributed by atoms with E-state index in [-0.39, 0.29) is 16.4 Å². The van der Waals surface area contributed by atoms with Crippen molar-refractivity contribution in [3.05, 3.63) is 24.3 Å². The van der Waals surface area contributed by atoms with Gasteiger partial charge in [-0.15, -0.1) is 11.8 Å². The number of hydrogen-bond donors (Lipinski definition) is 0. The fourth-order valence-corrected chi connectivity index (χ4v) is 4.82. The van der Waals surface area contributed by atoms with E-state index in [0.29, 0.717) is 4.90 Å². The lowest BCUT2D eigenvalue weighted by Gasteiger charge is -2.06. The van der Waals surface area contributed by atoms with Crippen molar-refractivity contribution in [3.8, 4) is 0 Å². The Labute approximate surface area is 110 Å². The molecular weight excluding hydrogens is 304 g/mol. The lowest BCUT2D eigenvalue weighted by molar-refractivity contribution is 0.600. The molecule has 96 valence electrons. The standard InChI is InChI=1S/C9H11ClO4S3/c1-16(11,12)9-5-3-2-4-8(9)15-6-7-17(10,13)14/h2-5H,6-7H2,1H3. The molecule has 0 aromatic heterocycles. The summed E-state index contributed by atoms with van der Waals surface area (Å²) in [4.78, 5) is 0.743. The Balaban J connectivity index is 2.86. The van der Waals surface area contributed by atoms with E-state index in [0.717, 1.165) is 18.0 Å². The van der Waals surface area contributed by atoms with E-state index in [1.807, 2.05) is 0 Å². The van der Waals surface area contributed by atoms with Crippen molar-refractivity contribution < 1.29 is 16.8 Å². The molecule has 8 heteroatoms.